The van der Waals surface area contributed by atoms with Crippen molar-refractivity contribution in [2.45, 2.75) is 33.1 Å². The lowest BCUT2D eigenvalue weighted by atomic mass is 9.93. The van der Waals surface area contributed by atoms with Gasteiger partial charge in [0, 0.05) is 17.5 Å². The molecule has 0 saturated heterocycles. The standard InChI is InChI=1S/C21H23NO4/c1-11-16-5-6-18(23)12(2)20(16)26-21(25)17(11)9-19(24)22-10-15-8-13-3-4-14(15)7-13/h3-6,13-15,23H,7-10H2,1-2H3,(H,22,24). The van der Waals surface area contributed by atoms with Crippen LogP contribution >= 0.6 is 0 Å². The van der Waals surface area contributed by atoms with E-state index in [-0.39, 0.29) is 18.1 Å². The largest absolute Gasteiger partial charge is 0.508 e. The maximum absolute atomic E-state index is 12.4. The molecule has 3 atom stereocenters. The minimum atomic E-state index is -0.512. The van der Waals surface area contributed by atoms with Gasteiger partial charge in [-0.05, 0) is 62.1 Å². The van der Waals surface area contributed by atoms with E-state index in [1.54, 1.807) is 19.1 Å². The lowest BCUT2D eigenvalue weighted by molar-refractivity contribution is -0.120. The maximum Gasteiger partial charge on any atom is 0.340 e. The molecule has 0 aliphatic heterocycles. The highest BCUT2D eigenvalue weighted by molar-refractivity contribution is 5.87. The number of aryl methyl sites for hydroxylation is 2. The van der Waals surface area contributed by atoms with Gasteiger partial charge in [-0.15, -0.1) is 0 Å². The summed E-state index contributed by atoms with van der Waals surface area (Å²) in [7, 11) is 0. The third-order valence-electron chi connectivity index (χ3n) is 5.99. The van der Waals surface area contributed by atoms with Gasteiger partial charge in [-0.2, -0.15) is 0 Å². The summed E-state index contributed by atoms with van der Waals surface area (Å²) in [5.74, 6) is 1.71. The number of phenolic OH excluding ortho intramolecular Hbond substituents is 1. The molecule has 1 heterocycles. The van der Waals surface area contributed by atoms with Crippen molar-refractivity contribution in [1.82, 2.24) is 5.32 Å². The van der Waals surface area contributed by atoms with Gasteiger partial charge in [0.05, 0.1) is 12.0 Å². The minimum Gasteiger partial charge on any atom is -0.508 e. The van der Waals surface area contributed by atoms with Crippen LogP contribution in [0.1, 0.15) is 29.5 Å². The van der Waals surface area contributed by atoms with Crippen molar-refractivity contribution in [3.8, 4) is 5.75 Å². The zero-order valence-electron chi connectivity index (χ0n) is 15.0. The van der Waals surface area contributed by atoms with Crippen molar-refractivity contribution in [1.29, 1.82) is 0 Å². The van der Waals surface area contributed by atoms with Crippen LogP contribution in [0.15, 0.2) is 33.5 Å². The lowest BCUT2D eigenvalue weighted by Crippen LogP contribution is -2.33. The number of carbonyl (C=O) groups excluding carboxylic acids is 1. The molecule has 4 rings (SSSR count). The number of benzene rings is 1. The summed E-state index contributed by atoms with van der Waals surface area (Å²) in [5, 5.41) is 13.5. The third kappa shape index (κ3) is 2.81. The average Bonchev–Trinajstić information content (AvgIpc) is 3.23. The number of carbonyl (C=O) groups is 1. The molecule has 26 heavy (non-hydrogen) atoms. The summed E-state index contributed by atoms with van der Waals surface area (Å²) in [6.07, 6.45) is 6.92. The van der Waals surface area contributed by atoms with E-state index in [1.807, 2.05) is 6.92 Å². The molecule has 136 valence electrons. The SMILES string of the molecule is Cc1c(CC(=O)NCC2CC3C=CC2C3)c(=O)oc2c(C)c(O)ccc12. The number of nitrogens with one attached hydrogen (secondary N) is 1. The van der Waals surface area contributed by atoms with Gasteiger partial charge >= 0.3 is 5.63 Å². The monoisotopic (exact) mass is 353 g/mol. The van der Waals surface area contributed by atoms with Gasteiger partial charge < -0.3 is 14.8 Å². The first-order valence-corrected chi connectivity index (χ1v) is 9.14. The molecule has 2 bridgehead atoms. The molecule has 5 heteroatoms. The van der Waals surface area contributed by atoms with Crippen molar-refractivity contribution in [3.63, 3.8) is 0 Å². The summed E-state index contributed by atoms with van der Waals surface area (Å²) in [4.78, 5) is 24.8. The lowest BCUT2D eigenvalue weighted by Gasteiger charge is -2.18. The fraction of sp³-hybridized carbons (Fsp3) is 0.429. The van der Waals surface area contributed by atoms with Crippen LogP contribution in [0.5, 0.6) is 5.75 Å². The summed E-state index contributed by atoms with van der Waals surface area (Å²) < 4.78 is 5.40. The molecule has 2 aromatic rings. The van der Waals surface area contributed by atoms with Gasteiger partial charge in [0.1, 0.15) is 11.3 Å². The molecular weight excluding hydrogens is 330 g/mol. The van der Waals surface area contributed by atoms with E-state index in [0.717, 1.165) is 17.4 Å². The molecule has 2 aliphatic rings. The summed E-state index contributed by atoms with van der Waals surface area (Å²) in [5.41, 5.74) is 1.51. The van der Waals surface area contributed by atoms with Crippen molar-refractivity contribution >= 4 is 16.9 Å². The van der Waals surface area contributed by atoms with E-state index in [4.69, 9.17) is 4.42 Å². The highest BCUT2D eigenvalue weighted by Gasteiger charge is 2.35. The topological polar surface area (TPSA) is 79.5 Å². The molecule has 0 spiro atoms. The van der Waals surface area contributed by atoms with E-state index in [0.29, 0.717) is 41.0 Å². The number of hydrogen-bond donors (Lipinski definition) is 2. The van der Waals surface area contributed by atoms with Gasteiger partial charge in [-0.25, -0.2) is 4.79 Å². The Morgan fingerprint density at radius 3 is 2.73 bits per heavy atom. The minimum absolute atomic E-state index is 0.0146. The molecule has 1 aromatic heterocycles. The molecule has 5 nitrogen and oxygen atoms in total. The molecule has 2 N–H and O–H groups in total. The second kappa shape index (κ2) is 6.31. The van der Waals surface area contributed by atoms with Crippen molar-refractivity contribution in [2.24, 2.45) is 17.8 Å². The van der Waals surface area contributed by atoms with Crippen LogP contribution in [-0.2, 0) is 11.2 Å². The maximum atomic E-state index is 12.4. The Bertz CT molecular complexity index is 972. The Morgan fingerprint density at radius 1 is 1.23 bits per heavy atom. The Balaban J connectivity index is 1.51. The van der Waals surface area contributed by atoms with Crippen LogP contribution in [0.25, 0.3) is 11.0 Å². The van der Waals surface area contributed by atoms with E-state index >= 15 is 0 Å². The van der Waals surface area contributed by atoms with Crippen LogP contribution in [0, 0.1) is 31.6 Å². The first-order chi connectivity index (χ1) is 12.4. The number of amides is 1. The molecule has 1 saturated carbocycles. The highest BCUT2D eigenvalue weighted by Crippen LogP contribution is 2.42. The zero-order valence-corrected chi connectivity index (χ0v) is 15.0. The number of aromatic hydroxyl groups is 1. The second-order valence-corrected chi connectivity index (χ2v) is 7.60. The smallest absolute Gasteiger partial charge is 0.340 e. The predicted octanol–water partition coefficient (Wildman–Crippen LogP) is 2.99. The van der Waals surface area contributed by atoms with Gasteiger partial charge in [0.15, 0.2) is 0 Å². The summed E-state index contributed by atoms with van der Waals surface area (Å²) in [6, 6.07) is 3.30. The number of rotatable bonds is 4. The Kier molecular flexibility index (Phi) is 4.10. The Hall–Kier alpha value is -2.56. The van der Waals surface area contributed by atoms with Crippen molar-refractivity contribution < 1.29 is 14.3 Å². The fourth-order valence-corrected chi connectivity index (χ4v) is 4.38. The Labute approximate surface area is 151 Å². The van der Waals surface area contributed by atoms with E-state index in [9.17, 15) is 14.7 Å². The van der Waals surface area contributed by atoms with Crippen LogP contribution in [0.2, 0.25) is 0 Å². The normalized spacial score (nSPS) is 23.7. The second-order valence-electron chi connectivity index (χ2n) is 7.60. The number of fused-ring (bicyclic) bond motifs is 3. The predicted molar refractivity (Wildman–Crippen MR) is 99.2 cm³/mol. The fourth-order valence-electron chi connectivity index (χ4n) is 4.38. The van der Waals surface area contributed by atoms with E-state index in [2.05, 4.69) is 17.5 Å². The van der Waals surface area contributed by atoms with Crippen LogP contribution in [-0.4, -0.2) is 17.6 Å². The first kappa shape index (κ1) is 16.9. The van der Waals surface area contributed by atoms with Crippen LogP contribution in [0.4, 0.5) is 0 Å². The van der Waals surface area contributed by atoms with Crippen LogP contribution < -0.4 is 10.9 Å². The average molecular weight is 353 g/mol. The summed E-state index contributed by atoms with van der Waals surface area (Å²) in [6.45, 7) is 4.19. The van der Waals surface area contributed by atoms with Gasteiger partial charge in [-0.3, -0.25) is 4.79 Å². The first-order valence-electron chi connectivity index (χ1n) is 9.14. The van der Waals surface area contributed by atoms with Gasteiger partial charge in [0.25, 0.3) is 0 Å². The van der Waals surface area contributed by atoms with Crippen molar-refractivity contribution in [3.05, 3.63) is 51.4 Å². The van der Waals surface area contributed by atoms with Crippen LogP contribution in [0.3, 0.4) is 0 Å². The van der Waals surface area contributed by atoms with Gasteiger partial charge in [0.2, 0.25) is 5.91 Å². The quantitative estimate of drug-likeness (QED) is 0.654. The zero-order chi connectivity index (χ0) is 18.4. The highest BCUT2D eigenvalue weighted by atomic mass is 16.4. The molecule has 0 radical (unpaired) electrons. The Morgan fingerprint density at radius 2 is 2.04 bits per heavy atom. The molecule has 2 aliphatic carbocycles. The van der Waals surface area contributed by atoms with Crippen molar-refractivity contribution in [2.75, 3.05) is 6.54 Å². The van der Waals surface area contributed by atoms with Gasteiger partial charge in [-0.1, -0.05) is 12.2 Å². The molecule has 1 amide bonds. The number of allylic oxidation sites excluding steroid dienone is 2. The molecule has 1 aromatic carbocycles. The van der Waals surface area contributed by atoms with E-state index < -0.39 is 5.63 Å². The van der Waals surface area contributed by atoms with E-state index in [1.165, 1.54) is 6.42 Å². The molecule has 1 fully saturated rings. The third-order valence-corrected chi connectivity index (χ3v) is 5.99. The summed E-state index contributed by atoms with van der Waals surface area (Å²) >= 11 is 0. The number of phenols is 1. The number of hydrogen-bond acceptors (Lipinski definition) is 4. The molecular formula is C21H23NO4. The molecule has 3 unspecified atom stereocenters.